The summed E-state index contributed by atoms with van der Waals surface area (Å²) < 4.78 is 0. The Morgan fingerprint density at radius 1 is 0.571 bits per heavy atom. The van der Waals surface area contributed by atoms with E-state index in [-0.39, 0.29) is 11.8 Å². The Morgan fingerprint density at radius 2 is 0.964 bits per heavy atom. The lowest BCUT2D eigenvalue weighted by atomic mass is 10.0. The van der Waals surface area contributed by atoms with Gasteiger partial charge in [-0.2, -0.15) is 0 Å². The van der Waals surface area contributed by atoms with Crippen LogP contribution in [0.4, 0.5) is 11.4 Å². The summed E-state index contributed by atoms with van der Waals surface area (Å²) in [6, 6.07) is 22.7. The predicted molar refractivity (Wildman–Crippen MR) is 116 cm³/mol. The van der Waals surface area contributed by atoms with Crippen molar-refractivity contribution in [2.24, 2.45) is 0 Å². The van der Waals surface area contributed by atoms with Crippen molar-refractivity contribution in [1.29, 1.82) is 0 Å². The van der Waals surface area contributed by atoms with E-state index in [1.54, 1.807) is 12.1 Å². The minimum absolute atomic E-state index is 0.103. The Balaban J connectivity index is 1.41. The highest BCUT2D eigenvalue weighted by Gasteiger charge is 2.08. The second kappa shape index (κ2) is 8.21. The van der Waals surface area contributed by atoms with Crippen molar-refractivity contribution in [2.75, 3.05) is 10.6 Å². The number of rotatable bonds is 5. The molecule has 2 amide bonds. The third kappa shape index (κ3) is 4.19. The fraction of sp³-hybridized carbons (Fsp3) is 0. The normalized spacial score (nSPS) is 10.4. The molecule has 2 heterocycles. The molecule has 0 radical (unpaired) electrons. The summed E-state index contributed by atoms with van der Waals surface area (Å²) in [7, 11) is 0. The number of carbonyl (C=O) groups excluding carboxylic acids is 2. The highest BCUT2D eigenvalue weighted by atomic mass is 32.1. The Morgan fingerprint density at radius 3 is 1.29 bits per heavy atom. The Kier molecular flexibility index (Phi) is 5.32. The smallest absolute Gasteiger partial charge is 0.265 e. The van der Waals surface area contributed by atoms with E-state index in [9.17, 15) is 9.59 Å². The Labute approximate surface area is 170 Å². The molecule has 0 atom stereocenters. The van der Waals surface area contributed by atoms with Gasteiger partial charge in [-0.05, 0) is 58.3 Å². The second-order valence-corrected chi connectivity index (χ2v) is 7.91. The number of amides is 2. The van der Waals surface area contributed by atoms with Gasteiger partial charge in [0, 0.05) is 11.4 Å². The molecule has 28 heavy (non-hydrogen) atoms. The first-order valence-electron chi connectivity index (χ1n) is 8.59. The van der Waals surface area contributed by atoms with E-state index >= 15 is 0 Å². The molecule has 4 aromatic rings. The van der Waals surface area contributed by atoms with Gasteiger partial charge in [0.1, 0.15) is 0 Å². The van der Waals surface area contributed by atoms with Crippen LogP contribution in [-0.2, 0) is 0 Å². The maximum absolute atomic E-state index is 12.1. The third-order valence-electron chi connectivity index (χ3n) is 4.11. The summed E-state index contributed by atoms with van der Waals surface area (Å²) in [6.07, 6.45) is 0. The average molecular weight is 405 g/mol. The van der Waals surface area contributed by atoms with Crippen molar-refractivity contribution < 1.29 is 9.59 Å². The summed E-state index contributed by atoms with van der Waals surface area (Å²) >= 11 is 2.83. The standard InChI is InChI=1S/C22H16N2O2S2/c25-21(19-3-1-13-27-19)23-17-9-5-15(6-10-17)16-7-11-18(12-8-16)24-22(26)20-4-2-14-28-20/h1-14H,(H,23,25)(H,24,26). The van der Waals surface area contributed by atoms with Gasteiger partial charge in [0.25, 0.3) is 11.8 Å². The third-order valence-corrected chi connectivity index (χ3v) is 5.85. The molecule has 138 valence electrons. The lowest BCUT2D eigenvalue weighted by Crippen LogP contribution is -2.10. The average Bonchev–Trinajstić information content (AvgIpc) is 3.43. The van der Waals surface area contributed by atoms with Crippen molar-refractivity contribution in [2.45, 2.75) is 0 Å². The SMILES string of the molecule is O=C(Nc1ccc(-c2ccc(NC(=O)c3cccs3)cc2)cc1)c1cccs1. The maximum atomic E-state index is 12.1. The number of nitrogens with one attached hydrogen (secondary N) is 2. The fourth-order valence-corrected chi connectivity index (χ4v) is 3.93. The summed E-state index contributed by atoms with van der Waals surface area (Å²) in [5, 5.41) is 9.54. The number of thiophene rings is 2. The van der Waals surface area contributed by atoms with Gasteiger partial charge in [-0.3, -0.25) is 9.59 Å². The molecule has 0 aliphatic heterocycles. The second-order valence-electron chi connectivity index (χ2n) is 6.02. The first-order valence-corrected chi connectivity index (χ1v) is 10.4. The molecule has 2 aromatic carbocycles. The van der Waals surface area contributed by atoms with E-state index in [1.807, 2.05) is 71.4 Å². The van der Waals surface area contributed by atoms with Gasteiger partial charge in [-0.15, -0.1) is 22.7 Å². The molecule has 0 aliphatic rings. The highest BCUT2D eigenvalue weighted by Crippen LogP contribution is 2.24. The summed E-state index contributed by atoms with van der Waals surface area (Å²) in [5.74, 6) is -0.206. The zero-order valence-electron chi connectivity index (χ0n) is 14.7. The maximum Gasteiger partial charge on any atom is 0.265 e. The lowest BCUT2D eigenvalue weighted by Gasteiger charge is -2.08. The van der Waals surface area contributed by atoms with Crippen LogP contribution < -0.4 is 10.6 Å². The Bertz CT molecular complexity index is 979. The van der Waals surface area contributed by atoms with Gasteiger partial charge >= 0.3 is 0 Å². The van der Waals surface area contributed by atoms with Crippen molar-refractivity contribution >= 4 is 45.9 Å². The van der Waals surface area contributed by atoms with E-state index in [4.69, 9.17) is 0 Å². The first kappa shape index (κ1) is 18.2. The largest absolute Gasteiger partial charge is 0.321 e. The van der Waals surface area contributed by atoms with Gasteiger partial charge in [0.05, 0.1) is 9.75 Å². The molecule has 0 unspecified atom stereocenters. The molecule has 0 saturated carbocycles. The molecule has 2 N–H and O–H groups in total. The van der Waals surface area contributed by atoms with Crippen LogP contribution in [0.3, 0.4) is 0 Å². The van der Waals surface area contributed by atoms with Crippen LogP contribution in [0.25, 0.3) is 11.1 Å². The van der Waals surface area contributed by atoms with E-state index in [0.717, 1.165) is 22.5 Å². The van der Waals surface area contributed by atoms with E-state index in [2.05, 4.69) is 10.6 Å². The van der Waals surface area contributed by atoms with Crippen LogP contribution in [0, 0.1) is 0 Å². The molecule has 4 rings (SSSR count). The van der Waals surface area contributed by atoms with Crippen molar-refractivity contribution in [3.63, 3.8) is 0 Å². The summed E-state index contributed by atoms with van der Waals surface area (Å²) in [6.45, 7) is 0. The van der Waals surface area contributed by atoms with Gasteiger partial charge in [-0.1, -0.05) is 36.4 Å². The van der Waals surface area contributed by atoms with Crippen LogP contribution in [0.15, 0.2) is 83.6 Å². The molecular weight excluding hydrogens is 388 g/mol. The quantitative estimate of drug-likeness (QED) is 0.430. The topological polar surface area (TPSA) is 58.2 Å². The Hall–Kier alpha value is -3.22. The van der Waals surface area contributed by atoms with E-state index in [1.165, 1.54) is 22.7 Å². The molecule has 0 aliphatic carbocycles. The minimum Gasteiger partial charge on any atom is -0.321 e. The molecule has 0 saturated heterocycles. The number of hydrogen-bond donors (Lipinski definition) is 2. The van der Waals surface area contributed by atoms with Crippen molar-refractivity contribution in [3.05, 3.63) is 93.3 Å². The number of carbonyl (C=O) groups is 2. The molecule has 2 aromatic heterocycles. The zero-order chi connectivity index (χ0) is 19.3. The van der Waals surface area contributed by atoms with Crippen molar-refractivity contribution in [3.8, 4) is 11.1 Å². The van der Waals surface area contributed by atoms with Gasteiger partial charge in [-0.25, -0.2) is 0 Å². The summed E-state index contributed by atoms with van der Waals surface area (Å²) in [4.78, 5) is 25.6. The van der Waals surface area contributed by atoms with E-state index < -0.39 is 0 Å². The van der Waals surface area contributed by atoms with Gasteiger partial charge in [0.2, 0.25) is 0 Å². The van der Waals surface area contributed by atoms with Crippen LogP contribution in [-0.4, -0.2) is 11.8 Å². The molecular formula is C22H16N2O2S2. The summed E-state index contributed by atoms with van der Waals surface area (Å²) in [5.41, 5.74) is 3.57. The molecule has 6 heteroatoms. The number of hydrogen-bond acceptors (Lipinski definition) is 4. The van der Waals surface area contributed by atoms with Crippen LogP contribution in [0.1, 0.15) is 19.3 Å². The first-order chi connectivity index (χ1) is 13.7. The number of benzene rings is 2. The van der Waals surface area contributed by atoms with Crippen LogP contribution in [0.5, 0.6) is 0 Å². The molecule has 0 fully saturated rings. The highest BCUT2D eigenvalue weighted by molar-refractivity contribution is 7.12. The molecule has 0 spiro atoms. The molecule has 4 nitrogen and oxygen atoms in total. The minimum atomic E-state index is -0.103. The number of anilines is 2. The van der Waals surface area contributed by atoms with E-state index in [0.29, 0.717) is 9.75 Å². The lowest BCUT2D eigenvalue weighted by molar-refractivity contribution is 0.102. The van der Waals surface area contributed by atoms with Crippen LogP contribution >= 0.6 is 22.7 Å². The predicted octanol–water partition coefficient (Wildman–Crippen LogP) is 5.98. The van der Waals surface area contributed by atoms with Gasteiger partial charge in [0.15, 0.2) is 0 Å². The monoisotopic (exact) mass is 404 g/mol. The van der Waals surface area contributed by atoms with Gasteiger partial charge < -0.3 is 10.6 Å². The van der Waals surface area contributed by atoms with Crippen LogP contribution in [0.2, 0.25) is 0 Å². The zero-order valence-corrected chi connectivity index (χ0v) is 16.3. The van der Waals surface area contributed by atoms with Crippen molar-refractivity contribution in [1.82, 2.24) is 0 Å². The molecule has 0 bridgehead atoms. The fourth-order valence-electron chi connectivity index (χ4n) is 2.69.